The summed E-state index contributed by atoms with van der Waals surface area (Å²) in [5.74, 6) is 1.25. The summed E-state index contributed by atoms with van der Waals surface area (Å²) in [5.41, 5.74) is 0. The zero-order valence-corrected chi connectivity index (χ0v) is 10.4. The molecule has 1 saturated heterocycles. The van der Waals surface area contributed by atoms with Crippen LogP contribution in [0.5, 0.6) is 0 Å². The molecule has 0 radical (unpaired) electrons. The molecule has 2 atom stereocenters. The molecular formula is C11H17N3OS. The Morgan fingerprint density at radius 1 is 1.44 bits per heavy atom. The van der Waals surface area contributed by atoms with Gasteiger partial charge in [-0.3, -0.25) is 0 Å². The van der Waals surface area contributed by atoms with Crippen molar-refractivity contribution in [1.29, 1.82) is 0 Å². The monoisotopic (exact) mass is 239 g/mol. The lowest BCUT2D eigenvalue weighted by molar-refractivity contribution is 0.102. The van der Waals surface area contributed by atoms with Crippen LogP contribution in [-0.4, -0.2) is 40.8 Å². The van der Waals surface area contributed by atoms with Crippen molar-refractivity contribution >= 4 is 17.6 Å². The van der Waals surface area contributed by atoms with Gasteiger partial charge in [0.25, 0.3) is 0 Å². The molecule has 1 fully saturated rings. The number of hydrogen-bond donors (Lipinski definition) is 1. The summed E-state index contributed by atoms with van der Waals surface area (Å²) < 4.78 is 0. The van der Waals surface area contributed by atoms with Gasteiger partial charge in [0.2, 0.25) is 0 Å². The van der Waals surface area contributed by atoms with E-state index in [1.807, 2.05) is 18.4 Å². The fourth-order valence-corrected chi connectivity index (χ4v) is 2.17. The van der Waals surface area contributed by atoms with Gasteiger partial charge in [0, 0.05) is 13.1 Å². The quantitative estimate of drug-likeness (QED) is 0.791. The van der Waals surface area contributed by atoms with Crippen LogP contribution in [0, 0.1) is 5.92 Å². The molecule has 1 aliphatic rings. The van der Waals surface area contributed by atoms with Gasteiger partial charge in [-0.25, -0.2) is 0 Å². The van der Waals surface area contributed by atoms with Crippen molar-refractivity contribution in [3.8, 4) is 0 Å². The smallest absolute Gasteiger partial charge is 0.151 e. The molecule has 1 aromatic heterocycles. The molecule has 88 valence electrons. The maximum absolute atomic E-state index is 9.82. The number of nitrogens with zero attached hydrogens (tertiary/aromatic N) is 3. The highest BCUT2D eigenvalue weighted by atomic mass is 32.2. The molecule has 1 aromatic rings. The minimum absolute atomic E-state index is 0.254. The van der Waals surface area contributed by atoms with E-state index in [2.05, 4.69) is 22.0 Å². The summed E-state index contributed by atoms with van der Waals surface area (Å²) in [6.45, 7) is 3.70. The molecule has 1 aliphatic heterocycles. The standard InChI is InChI=1S/C11H17N3OS/c1-8-5-6-14(7-9(8)15)10-3-4-11(16-2)13-12-10/h3-4,8-9,15H,5-7H2,1-2H3. The summed E-state index contributed by atoms with van der Waals surface area (Å²) >= 11 is 1.58. The van der Waals surface area contributed by atoms with Gasteiger partial charge in [0.1, 0.15) is 5.03 Å². The van der Waals surface area contributed by atoms with Gasteiger partial charge >= 0.3 is 0 Å². The van der Waals surface area contributed by atoms with Gasteiger partial charge in [0.15, 0.2) is 5.82 Å². The summed E-state index contributed by atoms with van der Waals surface area (Å²) in [6, 6.07) is 3.94. The maximum atomic E-state index is 9.82. The van der Waals surface area contributed by atoms with E-state index < -0.39 is 0 Å². The van der Waals surface area contributed by atoms with E-state index in [0.717, 1.165) is 23.8 Å². The fraction of sp³-hybridized carbons (Fsp3) is 0.636. The Balaban J connectivity index is 2.06. The van der Waals surface area contributed by atoms with Crippen molar-refractivity contribution in [3.05, 3.63) is 12.1 Å². The average Bonchev–Trinajstić information content (AvgIpc) is 2.33. The number of anilines is 1. The van der Waals surface area contributed by atoms with E-state index in [9.17, 15) is 5.11 Å². The van der Waals surface area contributed by atoms with Gasteiger partial charge in [-0.15, -0.1) is 22.0 Å². The molecule has 2 rings (SSSR count). The second-order valence-corrected chi connectivity index (χ2v) is 5.04. The summed E-state index contributed by atoms with van der Waals surface area (Å²) in [4.78, 5) is 2.10. The molecular weight excluding hydrogens is 222 g/mol. The number of hydrogen-bond acceptors (Lipinski definition) is 5. The Morgan fingerprint density at radius 2 is 2.25 bits per heavy atom. The SMILES string of the molecule is CSc1ccc(N2CCC(C)C(O)C2)nn1. The van der Waals surface area contributed by atoms with Crippen LogP contribution in [-0.2, 0) is 0 Å². The topological polar surface area (TPSA) is 49.2 Å². The molecule has 5 heteroatoms. The molecule has 0 amide bonds. The normalized spacial score (nSPS) is 25.8. The molecule has 0 bridgehead atoms. The lowest BCUT2D eigenvalue weighted by Crippen LogP contribution is -2.43. The predicted octanol–water partition coefficient (Wildman–Crippen LogP) is 1.41. The molecule has 0 spiro atoms. The third-order valence-corrected chi connectivity index (χ3v) is 3.71. The Kier molecular flexibility index (Phi) is 3.66. The first-order valence-electron chi connectivity index (χ1n) is 5.51. The third-order valence-electron chi connectivity index (χ3n) is 3.08. The highest BCUT2D eigenvalue weighted by molar-refractivity contribution is 7.98. The number of aliphatic hydroxyl groups is 1. The minimum Gasteiger partial charge on any atom is -0.391 e. The Bertz CT molecular complexity index is 344. The maximum Gasteiger partial charge on any atom is 0.151 e. The van der Waals surface area contributed by atoms with Crippen molar-refractivity contribution in [3.63, 3.8) is 0 Å². The predicted molar refractivity (Wildman–Crippen MR) is 65.8 cm³/mol. The van der Waals surface area contributed by atoms with E-state index in [1.165, 1.54) is 0 Å². The zero-order valence-electron chi connectivity index (χ0n) is 9.63. The van der Waals surface area contributed by atoms with Crippen LogP contribution in [0.25, 0.3) is 0 Å². The summed E-state index contributed by atoms with van der Waals surface area (Å²) in [6.07, 6.45) is 2.74. The Morgan fingerprint density at radius 3 is 2.81 bits per heavy atom. The molecule has 16 heavy (non-hydrogen) atoms. The number of thioether (sulfide) groups is 1. The van der Waals surface area contributed by atoms with Gasteiger partial charge < -0.3 is 10.0 Å². The largest absolute Gasteiger partial charge is 0.391 e. The molecule has 0 aliphatic carbocycles. The first-order chi connectivity index (χ1) is 7.70. The van der Waals surface area contributed by atoms with E-state index in [0.29, 0.717) is 12.5 Å². The van der Waals surface area contributed by atoms with Crippen molar-refractivity contribution in [1.82, 2.24) is 10.2 Å². The van der Waals surface area contributed by atoms with Crippen LogP contribution in [0.2, 0.25) is 0 Å². The van der Waals surface area contributed by atoms with Gasteiger partial charge in [-0.1, -0.05) is 6.92 Å². The van der Waals surface area contributed by atoms with E-state index >= 15 is 0 Å². The number of aliphatic hydroxyl groups excluding tert-OH is 1. The zero-order chi connectivity index (χ0) is 11.5. The minimum atomic E-state index is -0.254. The van der Waals surface area contributed by atoms with Crippen LogP contribution in [0.15, 0.2) is 17.2 Å². The van der Waals surface area contributed by atoms with Crippen molar-refractivity contribution in [2.45, 2.75) is 24.5 Å². The van der Waals surface area contributed by atoms with E-state index in [-0.39, 0.29) is 6.10 Å². The average molecular weight is 239 g/mol. The van der Waals surface area contributed by atoms with Crippen LogP contribution in [0.1, 0.15) is 13.3 Å². The second-order valence-electron chi connectivity index (χ2n) is 4.21. The lowest BCUT2D eigenvalue weighted by atomic mass is 9.96. The van der Waals surface area contributed by atoms with Crippen LogP contribution in [0.4, 0.5) is 5.82 Å². The highest BCUT2D eigenvalue weighted by Crippen LogP contribution is 2.22. The molecule has 0 aromatic carbocycles. The number of piperidine rings is 1. The third kappa shape index (κ3) is 2.47. The van der Waals surface area contributed by atoms with Crippen LogP contribution in [0.3, 0.4) is 0 Å². The van der Waals surface area contributed by atoms with E-state index in [1.54, 1.807) is 11.8 Å². The van der Waals surface area contributed by atoms with Crippen LogP contribution >= 0.6 is 11.8 Å². The fourth-order valence-electron chi connectivity index (χ4n) is 1.85. The number of rotatable bonds is 2. The molecule has 4 nitrogen and oxygen atoms in total. The van der Waals surface area contributed by atoms with Gasteiger partial charge in [-0.2, -0.15) is 0 Å². The molecule has 0 saturated carbocycles. The van der Waals surface area contributed by atoms with Crippen molar-refractivity contribution in [2.24, 2.45) is 5.92 Å². The highest BCUT2D eigenvalue weighted by Gasteiger charge is 2.25. The van der Waals surface area contributed by atoms with Crippen molar-refractivity contribution < 1.29 is 5.11 Å². The second kappa shape index (κ2) is 5.01. The van der Waals surface area contributed by atoms with Crippen LogP contribution < -0.4 is 4.90 Å². The first kappa shape index (κ1) is 11.7. The van der Waals surface area contributed by atoms with Crippen molar-refractivity contribution in [2.75, 3.05) is 24.2 Å². The molecule has 2 unspecified atom stereocenters. The van der Waals surface area contributed by atoms with Gasteiger partial charge in [0.05, 0.1) is 6.10 Å². The van der Waals surface area contributed by atoms with Gasteiger partial charge in [-0.05, 0) is 30.7 Å². The molecule has 1 N–H and O–H groups in total. The number of β-amino-alcohol motifs (C(OH)–C–C–N with tert-alkyl or cyclic N) is 1. The number of aromatic nitrogens is 2. The Labute approximate surface area is 100 Å². The molecule has 2 heterocycles. The summed E-state index contributed by atoms with van der Waals surface area (Å²) in [5, 5.41) is 19.0. The lowest BCUT2D eigenvalue weighted by Gasteiger charge is -2.34. The van der Waals surface area contributed by atoms with E-state index in [4.69, 9.17) is 0 Å². The first-order valence-corrected chi connectivity index (χ1v) is 6.74. The Hall–Kier alpha value is -0.810. The summed E-state index contributed by atoms with van der Waals surface area (Å²) in [7, 11) is 0.